The summed E-state index contributed by atoms with van der Waals surface area (Å²) in [7, 11) is -2.59. The highest BCUT2D eigenvalue weighted by Gasteiger charge is 2.35. The Morgan fingerprint density at radius 3 is 2.25 bits per heavy atom. The van der Waals surface area contributed by atoms with Crippen LogP contribution in [0.25, 0.3) is 0 Å². The number of aryl methyl sites for hydroxylation is 1. The molecule has 0 aliphatic rings. The fourth-order valence-corrected chi connectivity index (χ4v) is 4.36. The third-order valence-electron chi connectivity index (χ3n) is 3.99. The van der Waals surface area contributed by atoms with E-state index in [0.29, 0.717) is 18.9 Å². The third-order valence-corrected chi connectivity index (χ3v) is 5.93. The Morgan fingerprint density at radius 2 is 1.79 bits per heavy atom. The van der Waals surface area contributed by atoms with Crippen LogP contribution < -0.4 is 0 Å². The van der Waals surface area contributed by atoms with Crippen molar-refractivity contribution in [1.82, 2.24) is 4.31 Å². The van der Waals surface area contributed by atoms with Crippen LogP contribution in [0, 0.1) is 6.92 Å². The van der Waals surface area contributed by atoms with Crippen LogP contribution in [0.15, 0.2) is 23.1 Å². The Bertz CT molecular complexity index is 640. The molecule has 0 saturated heterocycles. The van der Waals surface area contributed by atoms with E-state index >= 15 is 0 Å². The van der Waals surface area contributed by atoms with Gasteiger partial charge in [-0.2, -0.15) is 17.5 Å². The van der Waals surface area contributed by atoms with Gasteiger partial charge in [-0.1, -0.05) is 19.9 Å². The van der Waals surface area contributed by atoms with Crippen molar-refractivity contribution in [2.45, 2.75) is 50.7 Å². The van der Waals surface area contributed by atoms with E-state index in [-0.39, 0.29) is 29.7 Å². The van der Waals surface area contributed by atoms with Crippen LogP contribution in [0.2, 0.25) is 0 Å². The number of hydrogen-bond donors (Lipinski definition) is 0. The lowest BCUT2D eigenvalue weighted by atomic mass is 10.1. The van der Waals surface area contributed by atoms with Crippen molar-refractivity contribution in [1.29, 1.82) is 0 Å². The Kier molecular flexibility index (Phi) is 7.25. The van der Waals surface area contributed by atoms with E-state index in [1.165, 1.54) is 30.5 Å². The fourth-order valence-electron chi connectivity index (χ4n) is 2.58. The number of rotatable bonds is 8. The van der Waals surface area contributed by atoms with Crippen molar-refractivity contribution in [3.05, 3.63) is 29.3 Å². The molecule has 0 amide bonds. The van der Waals surface area contributed by atoms with E-state index in [1.54, 1.807) is 0 Å². The van der Waals surface area contributed by atoms with Gasteiger partial charge < -0.3 is 4.74 Å². The molecular formula is C16H24F3NO3S. The van der Waals surface area contributed by atoms with Crippen LogP contribution in [0.1, 0.15) is 37.8 Å². The molecule has 0 spiro atoms. The molecule has 1 rings (SSSR count). The van der Waals surface area contributed by atoms with Crippen molar-refractivity contribution in [2.24, 2.45) is 0 Å². The predicted octanol–water partition coefficient (Wildman–Crippen LogP) is 3.84. The summed E-state index contributed by atoms with van der Waals surface area (Å²) in [6, 6.07) is 2.84. The first-order chi connectivity index (χ1) is 11.1. The molecule has 0 bridgehead atoms. The van der Waals surface area contributed by atoms with E-state index in [1.807, 2.05) is 13.8 Å². The summed E-state index contributed by atoms with van der Waals surface area (Å²) in [4.78, 5) is -0.344. The first-order valence-corrected chi connectivity index (χ1v) is 9.22. The number of halogens is 3. The first-order valence-electron chi connectivity index (χ1n) is 7.78. The average Bonchev–Trinajstić information content (AvgIpc) is 2.50. The highest BCUT2D eigenvalue weighted by molar-refractivity contribution is 7.89. The van der Waals surface area contributed by atoms with Gasteiger partial charge >= 0.3 is 6.18 Å². The van der Waals surface area contributed by atoms with Crippen LogP contribution in [0.4, 0.5) is 13.2 Å². The maximum Gasteiger partial charge on any atom is 0.416 e. The zero-order valence-corrected chi connectivity index (χ0v) is 15.2. The fraction of sp³-hybridized carbons (Fsp3) is 0.625. The number of ether oxygens (including phenoxy) is 1. The van der Waals surface area contributed by atoms with E-state index in [0.717, 1.165) is 0 Å². The van der Waals surface area contributed by atoms with Gasteiger partial charge in [-0.15, -0.1) is 0 Å². The summed E-state index contributed by atoms with van der Waals surface area (Å²) in [6.07, 6.45) is -3.46. The molecule has 0 unspecified atom stereocenters. The summed E-state index contributed by atoms with van der Waals surface area (Å²) in [5.41, 5.74) is -0.938. The molecule has 0 saturated carbocycles. The molecule has 0 radical (unpaired) electrons. The second kappa shape index (κ2) is 8.31. The van der Waals surface area contributed by atoms with Crippen LogP contribution in [0.5, 0.6) is 0 Å². The molecule has 0 aliphatic heterocycles. The van der Waals surface area contributed by atoms with Gasteiger partial charge in [0.1, 0.15) is 0 Å². The number of methoxy groups -OCH3 is 1. The zero-order valence-electron chi connectivity index (χ0n) is 14.4. The quantitative estimate of drug-likeness (QED) is 0.701. The first kappa shape index (κ1) is 20.9. The number of sulfonamides is 1. The molecule has 8 heteroatoms. The molecule has 0 fully saturated rings. The maximum atomic E-state index is 13.1. The van der Waals surface area contributed by atoms with Crippen molar-refractivity contribution >= 4 is 10.0 Å². The lowest BCUT2D eigenvalue weighted by Crippen LogP contribution is -2.41. The van der Waals surface area contributed by atoms with Crippen LogP contribution >= 0.6 is 0 Å². The van der Waals surface area contributed by atoms with E-state index in [9.17, 15) is 21.6 Å². The molecule has 1 aromatic rings. The molecule has 0 heterocycles. The highest BCUT2D eigenvalue weighted by atomic mass is 32.2. The van der Waals surface area contributed by atoms with Gasteiger partial charge in [-0.05, 0) is 37.5 Å². The maximum absolute atomic E-state index is 13.1. The van der Waals surface area contributed by atoms with Crippen molar-refractivity contribution in [3.8, 4) is 0 Å². The molecule has 24 heavy (non-hydrogen) atoms. The summed E-state index contributed by atoms with van der Waals surface area (Å²) in [6.45, 7) is 5.27. The van der Waals surface area contributed by atoms with Gasteiger partial charge in [0.05, 0.1) is 17.1 Å². The van der Waals surface area contributed by atoms with E-state index in [2.05, 4.69) is 0 Å². The number of benzene rings is 1. The van der Waals surface area contributed by atoms with Gasteiger partial charge in [0, 0.05) is 19.7 Å². The summed E-state index contributed by atoms with van der Waals surface area (Å²) < 4.78 is 71.2. The van der Waals surface area contributed by atoms with E-state index < -0.39 is 21.8 Å². The minimum Gasteiger partial charge on any atom is -0.383 e. The SMILES string of the molecule is CCC(CC)N(CCOC)S(=O)(=O)c1ccc(C)c(C(F)(F)F)c1. The Balaban J connectivity index is 3.38. The molecule has 138 valence electrons. The van der Waals surface area contributed by atoms with E-state index in [4.69, 9.17) is 4.74 Å². The van der Waals surface area contributed by atoms with Crippen molar-refractivity contribution < 1.29 is 26.3 Å². The summed E-state index contributed by atoms with van der Waals surface area (Å²) >= 11 is 0. The molecular weight excluding hydrogens is 343 g/mol. The molecule has 0 aliphatic carbocycles. The number of alkyl halides is 3. The second-order valence-corrected chi connectivity index (χ2v) is 7.44. The lowest BCUT2D eigenvalue weighted by Gasteiger charge is -2.29. The monoisotopic (exact) mass is 367 g/mol. The number of hydrogen-bond acceptors (Lipinski definition) is 3. The highest BCUT2D eigenvalue weighted by Crippen LogP contribution is 2.34. The normalized spacial score (nSPS) is 13.0. The summed E-state index contributed by atoms with van der Waals surface area (Å²) in [5.74, 6) is 0. The lowest BCUT2D eigenvalue weighted by molar-refractivity contribution is -0.138. The van der Waals surface area contributed by atoms with Crippen LogP contribution in [0.3, 0.4) is 0 Å². The Morgan fingerprint density at radius 1 is 1.21 bits per heavy atom. The molecule has 0 atom stereocenters. The van der Waals surface area contributed by atoms with Crippen molar-refractivity contribution in [3.63, 3.8) is 0 Å². The molecule has 0 N–H and O–H groups in total. The van der Waals surface area contributed by atoms with Gasteiger partial charge in [0.25, 0.3) is 0 Å². The second-order valence-electron chi connectivity index (χ2n) is 5.55. The van der Waals surface area contributed by atoms with Crippen LogP contribution in [-0.4, -0.2) is 39.0 Å². The zero-order chi connectivity index (χ0) is 18.5. The van der Waals surface area contributed by atoms with Gasteiger partial charge in [0.2, 0.25) is 10.0 Å². The predicted molar refractivity (Wildman–Crippen MR) is 86.3 cm³/mol. The number of nitrogens with zero attached hydrogens (tertiary/aromatic N) is 1. The smallest absolute Gasteiger partial charge is 0.383 e. The minimum atomic E-state index is -4.60. The van der Waals surface area contributed by atoms with Crippen LogP contribution in [-0.2, 0) is 20.9 Å². The topological polar surface area (TPSA) is 46.6 Å². The van der Waals surface area contributed by atoms with Gasteiger partial charge in [-0.25, -0.2) is 8.42 Å². The van der Waals surface area contributed by atoms with Gasteiger partial charge in [-0.3, -0.25) is 0 Å². The standard InChI is InChI=1S/C16H24F3NO3S/c1-5-13(6-2)20(9-10-23-4)24(21,22)14-8-7-12(3)15(11-14)16(17,18)19/h7-8,11,13H,5-6,9-10H2,1-4H3. The largest absolute Gasteiger partial charge is 0.416 e. The van der Waals surface area contributed by atoms with Crippen molar-refractivity contribution in [2.75, 3.05) is 20.3 Å². The molecule has 1 aromatic carbocycles. The molecule has 4 nitrogen and oxygen atoms in total. The van der Waals surface area contributed by atoms with Gasteiger partial charge in [0.15, 0.2) is 0 Å². The Labute approximate surface area is 141 Å². The summed E-state index contributed by atoms with van der Waals surface area (Å²) in [5, 5.41) is 0. The Hall–Kier alpha value is -1.12. The molecule has 0 aromatic heterocycles. The average molecular weight is 367 g/mol. The minimum absolute atomic E-state index is 0.00701. The third kappa shape index (κ3) is 4.70.